The number of fused-ring (bicyclic) bond motifs is 3. The smallest absolute Gasteiger partial charge is 0.280 e. The van der Waals surface area contributed by atoms with E-state index in [1.54, 1.807) is 27.3 Å². The molecule has 0 aliphatic rings. The van der Waals surface area contributed by atoms with Crippen LogP contribution in [0.2, 0.25) is 0 Å². The van der Waals surface area contributed by atoms with Gasteiger partial charge in [0, 0.05) is 26.0 Å². The maximum atomic E-state index is 12.5. The highest BCUT2D eigenvalue weighted by Crippen LogP contribution is 2.12. The van der Waals surface area contributed by atoms with Crippen molar-refractivity contribution in [2.45, 2.75) is 13.8 Å². The molecule has 0 amide bonds. The lowest BCUT2D eigenvalue weighted by molar-refractivity contribution is 0.681. The molecule has 7 heteroatoms. The van der Waals surface area contributed by atoms with Crippen molar-refractivity contribution >= 4 is 16.7 Å². The van der Waals surface area contributed by atoms with Crippen LogP contribution in [0, 0.1) is 13.8 Å². The van der Waals surface area contributed by atoms with Crippen molar-refractivity contribution in [1.29, 1.82) is 0 Å². The van der Waals surface area contributed by atoms with E-state index < -0.39 is 0 Å². The van der Waals surface area contributed by atoms with E-state index in [1.165, 1.54) is 0 Å². The Bertz CT molecular complexity index is 845. The molecule has 0 bridgehead atoms. The summed E-state index contributed by atoms with van der Waals surface area (Å²) in [4.78, 5) is 20.8. The topological polar surface area (TPSA) is 68.3 Å². The molecule has 19 heavy (non-hydrogen) atoms. The Kier molecular flexibility index (Phi) is 2.31. The maximum absolute atomic E-state index is 12.5. The summed E-state index contributed by atoms with van der Waals surface area (Å²) in [6.45, 7) is 3.69. The van der Waals surface area contributed by atoms with Gasteiger partial charge in [-0.05, 0) is 19.9 Å². The van der Waals surface area contributed by atoms with Crippen molar-refractivity contribution in [2.24, 2.45) is 0 Å². The van der Waals surface area contributed by atoms with E-state index in [1.807, 2.05) is 27.1 Å². The van der Waals surface area contributed by atoms with E-state index in [0.717, 1.165) is 11.2 Å². The second-order valence-corrected chi connectivity index (χ2v) is 4.68. The van der Waals surface area contributed by atoms with Crippen molar-refractivity contribution in [2.75, 3.05) is 19.1 Å². The Morgan fingerprint density at radius 3 is 2.68 bits per heavy atom. The fraction of sp³-hybridized carbons (Fsp3) is 0.333. The number of nitrogens with zero attached hydrogens (tertiary/aromatic N) is 6. The second-order valence-electron chi connectivity index (χ2n) is 4.68. The van der Waals surface area contributed by atoms with Gasteiger partial charge in [-0.25, -0.2) is 9.66 Å². The molecule has 0 aromatic carbocycles. The summed E-state index contributed by atoms with van der Waals surface area (Å²) >= 11 is 0. The standard InChI is InChI=1S/C12H14N6O/c1-7-5-10-9(11(19)18(7)16(3)4)6-13-12-14-8(2)15-17(10)12/h5-6H,1-4H3. The van der Waals surface area contributed by atoms with E-state index in [4.69, 9.17) is 0 Å². The first-order chi connectivity index (χ1) is 8.99. The molecule has 3 aromatic heterocycles. The van der Waals surface area contributed by atoms with Crippen molar-refractivity contribution in [1.82, 2.24) is 24.3 Å². The average Bonchev–Trinajstić information content (AvgIpc) is 2.69. The van der Waals surface area contributed by atoms with Gasteiger partial charge in [0.1, 0.15) is 5.82 Å². The molecule has 0 aliphatic carbocycles. The zero-order chi connectivity index (χ0) is 13.7. The molecule has 3 aromatic rings. The van der Waals surface area contributed by atoms with Crippen LogP contribution in [0.15, 0.2) is 17.1 Å². The minimum absolute atomic E-state index is 0.109. The maximum Gasteiger partial charge on any atom is 0.280 e. The molecule has 0 saturated carbocycles. The van der Waals surface area contributed by atoms with Crippen LogP contribution in [-0.4, -0.2) is 38.4 Å². The minimum atomic E-state index is -0.109. The third kappa shape index (κ3) is 1.58. The van der Waals surface area contributed by atoms with Crippen LogP contribution < -0.4 is 10.6 Å². The lowest BCUT2D eigenvalue weighted by Crippen LogP contribution is -2.37. The molecule has 0 atom stereocenters. The summed E-state index contributed by atoms with van der Waals surface area (Å²) in [6.07, 6.45) is 1.56. The second kappa shape index (κ2) is 3.78. The van der Waals surface area contributed by atoms with Crippen molar-refractivity contribution in [3.63, 3.8) is 0 Å². The average molecular weight is 258 g/mol. The molecule has 0 saturated heterocycles. The molecule has 0 aliphatic heterocycles. The van der Waals surface area contributed by atoms with Gasteiger partial charge in [0.2, 0.25) is 0 Å². The van der Waals surface area contributed by atoms with E-state index in [9.17, 15) is 4.79 Å². The van der Waals surface area contributed by atoms with E-state index in [0.29, 0.717) is 17.0 Å². The van der Waals surface area contributed by atoms with Crippen LogP contribution in [0.25, 0.3) is 16.7 Å². The van der Waals surface area contributed by atoms with Crippen LogP contribution in [0.4, 0.5) is 0 Å². The summed E-state index contributed by atoms with van der Waals surface area (Å²) < 4.78 is 3.21. The first-order valence-corrected chi connectivity index (χ1v) is 5.91. The minimum Gasteiger partial charge on any atom is -0.316 e. The Morgan fingerprint density at radius 1 is 1.26 bits per heavy atom. The highest BCUT2D eigenvalue weighted by atomic mass is 16.1. The van der Waals surface area contributed by atoms with E-state index in [2.05, 4.69) is 15.1 Å². The molecular formula is C12H14N6O. The lowest BCUT2D eigenvalue weighted by Gasteiger charge is -2.19. The number of hydrogen-bond donors (Lipinski definition) is 0. The largest absolute Gasteiger partial charge is 0.316 e. The van der Waals surface area contributed by atoms with E-state index >= 15 is 0 Å². The van der Waals surface area contributed by atoms with Gasteiger partial charge in [-0.1, -0.05) is 0 Å². The Hall–Kier alpha value is -2.44. The zero-order valence-corrected chi connectivity index (χ0v) is 11.2. The summed E-state index contributed by atoms with van der Waals surface area (Å²) in [6, 6.07) is 1.92. The highest BCUT2D eigenvalue weighted by Gasteiger charge is 2.12. The van der Waals surface area contributed by atoms with Crippen LogP contribution in [0.1, 0.15) is 11.5 Å². The van der Waals surface area contributed by atoms with Crippen LogP contribution in [0.3, 0.4) is 0 Å². The van der Waals surface area contributed by atoms with Crippen molar-refractivity contribution < 1.29 is 0 Å². The van der Waals surface area contributed by atoms with Gasteiger partial charge in [0.15, 0.2) is 0 Å². The fourth-order valence-corrected chi connectivity index (χ4v) is 2.29. The zero-order valence-electron chi connectivity index (χ0n) is 11.2. The van der Waals surface area contributed by atoms with Gasteiger partial charge in [0.05, 0.1) is 10.9 Å². The number of aromatic nitrogens is 5. The lowest BCUT2D eigenvalue weighted by atomic mass is 10.2. The Morgan fingerprint density at radius 2 is 2.00 bits per heavy atom. The van der Waals surface area contributed by atoms with Crippen molar-refractivity contribution in [3.8, 4) is 0 Å². The molecule has 3 heterocycles. The Labute approximate surface area is 109 Å². The summed E-state index contributed by atoms with van der Waals surface area (Å²) in [7, 11) is 3.65. The monoisotopic (exact) mass is 258 g/mol. The summed E-state index contributed by atoms with van der Waals surface area (Å²) in [5.41, 5.74) is 1.46. The van der Waals surface area contributed by atoms with Gasteiger partial charge in [-0.15, -0.1) is 5.10 Å². The number of pyridine rings is 1. The van der Waals surface area contributed by atoms with Crippen LogP contribution >= 0.6 is 0 Å². The quantitative estimate of drug-likeness (QED) is 0.626. The van der Waals surface area contributed by atoms with Gasteiger partial charge >= 0.3 is 0 Å². The molecule has 3 rings (SSSR count). The molecule has 0 N–H and O–H groups in total. The number of rotatable bonds is 1. The third-order valence-corrected chi connectivity index (χ3v) is 3.01. The predicted molar refractivity (Wildman–Crippen MR) is 72.1 cm³/mol. The summed E-state index contributed by atoms with van der Waals surface area (Å²) in [5, 5.41) is 6.55. The van der Waals surface area contributed by atoms with E-state index in [-0.39, 0.29) is 5.56 Å². The highest BCUT2D eigenvalue weighted by molar-refractivity contribution is 5.79. The van der Waals surface area contributed by atoms with Gasteiger partial charge in [-0.2, -0.15) is 9.50 Å². The molecule has 7 nitrogen and oxygen atoms in total. The van der Waals surface area contributed by atoms with Gasteiger partial charge < -0.3 is 5.01 Å². The van der Waals surface area contributed by atoms with Crippen molar-refractivity contribution in [3.05, 3.63) is 34.1 Å². The molecule has 0 radical (unpaired) electrons. The molecular weight excluding hydrogens is 244 g/mol. The molecule has 0 spiro atoms. The Balaban J connectivity index is 2.53. The first kappa shape index (κ1) is 11.6. The molecule has 0 fully saturated rings. The van der Waals surface area contributed by atoms with Crippen LogP contribution in [-0.2, 0) is 0 Å². The fourth-order valence-electron chi connectivity index (χ4n) is 2.29. The number of aryl methyl sites for hydroxylation is 2. The van der Waals surface area contributed by atoms with Gasteiger partial charge in [0.25, 0.3) is 11.3 Å². The predicted octanol–water partition coefficient (Wildman–Crippen LogP) is 0.254. The third-order valence-electron chi connectivity index (χ3n) is 3.01. The molecule has 98 valence electrons. The number of hydrogen-bond acceptors (Lipinski definition) is 5. The first-order valence-electron chi connectivity index (χ1n) is 5.91. The van der Waals surface area contributed by atoms with Gasteiger partial charge in [-0.3, -0.25) is 4.79 Å². The molecule has 0 unspecified atom stereocenters. The van der Waals surface area contributed by atoms with Crippen LogP contribution in [0.5, 0.6) is 0 Å². The normalized spacial score (nSPS) is 11.4. The summed E-state index contributed by atoms with van der Waals surface area (Å²) in [5.74, 6) is 1.14. The SMILES string of the molecule is Cc1nc2ncc3c(=O)n(N(C)C)c(C)cc3n2n1.